The van der Waals surface area contributed by atoms with E-state index in [0.29, 0.717) is 34.9 Å². The monoisotopic (exact) mass is 1730 g/mol. The van der Waals surface area contributed by atoms with Gasteiger partial charge in [0.1, 0.15) is 0 Å². The van der Waals surface area contributed by atoms with Crippen LogP contribution in [0.4, 0.5) is 34.1 Å². The molecule has 20 aromatic carbocycles. The van der Waals surface area contributed by atoms with Gasteiger partial charge in [0, 0.05) is 44.8 Å². The van der Waals surface area contributed by atoms with Crippen LogP contribution < -0.4 is 9.80 Å². The number of anilines is 6. The summed E-state index contributed by atoms with van der Waals surface area (Å²) >= 11 is 0. The van der Waals surface area contributed by atoms with Crippen LogP contribution in [0.15, 0.2) is 497 Å². The van der Waals surface area contributed by atoms with E-state index in [1.165, 1.54) is 94.8 Å². The molecule has 2 aliphatic carbocycles. The van der Waals surface area contributed by atoms with Crippen LogP contribution in [0.2, 0.25) is 0 Å². The highest BCUT2D eigenvalue weighted by atomic mass is 15.2. The lowest BCUT2D eigenvalue weighted by Crippen LogP contribution is -2.36. The van der Waals surface area contributed by atoms with Crippen LogP contribution in [0.1, 0.15) is 44.5 Å². The molecule has 8 nitrogen and oxygen atoms in total. The molecular formula is C128H82N8. The van der Waals surface area contributed by atoms with Crippen molar-refractivity contribution in [3.8, 4) is 168 Å². The number of hydrogen-bond acceptors (Lipinski definition) is 8. The molecule has 0 bridgehead atoms. The van der Waals surface area contributed by atoms with Gasteiger partial charge >= 0.3 is 0 Å². The maximum atomic E-state index is 5.48. The minimum absolute atomic E-state index is 0.571. The van der Waals surface area contributed by atoms with E-state index in [4.69, 9.17) is 29.9 Å². The normalized spacial score (nSPS) is 12.9. The Morgan fingerprint density at radius 3 is 0.684 bits per heavy atom. The van der Waals surface area contributed by atoms with Crippen molar-refractivity contribution >= 4 is 34.1 Å². The van der Waals surface area contributed by atoms with Crippen molar-refractivity contribution in [3.63, 3.8) is 0 Å². The molecule has 2 aliphatic heterocycles. The summed E-state index contributed by atoms with van der Waals surface area (Å²) in [5, 5.41) is 0. The fourth-order valence-electron chi connectivity index (χ4n) is 21.9. The van der Waals surface area contributed by atoms with Gasteiger partial charge in [-0.15, -0.1) is 0 Å². The zero-order valence-electron chi connectivity index (χ0n) is 73.9. The second-order valence-corrected chi connectivity index (χ2v) is 35.4. The van der Waals surface area contributed by atoms with Gasteiger partial charge in [-0.05, 0) is 205 Å². The zero-order chi connectivity index (χ0) is 89.8. The van der Waals surface area contributed by atoms with Gasteiger partial charge < -0.3 is 9.80 Å². The summed E-state index contributed by atoms with van der Waals surface area (Å²) in [5.74, 6) is 3.55. The van der Waals surface area contributed by atoms with Gasteiger partial charge in [0.25, 0.3) is 0 Å². The van der Waals surface area contributed by atoms with Crippen molar-refractivity contribution in [1.82, 2.24) is 29.9 Å². The van der Waals surface area contributed by atoms with Crippen molar-refractivity contribution in [2.24, 2.45) is 0 Å². The Kier molecular flexibility index (Phi) is 18.9. The molecule has 4 aliphatic rings. The van der Waals surface area contributed by atoms with Gasteiger partial charge in [0.05, 0.1) is 33.6 Å². The Balaban J connectivity index is 0.530. The van der Waals surface area contributed by atoms with Crippen molar-refractivity contribution in [3.05, 3.63) is 542 Å². The number of aromatic nitrogens is 6. The molecule has 4 heterocycles. The topological polar surface area (TPSA) is 83.8 Å². The third kappa shape index (κ3) is 13.0. The summed E-state index contributed by atoms with van der Waals surface area (Å²) in [5.41, 5.74) is 41.4. The minimum atomic E-state index is -0.674. The molecular weight excluding hydrogens is 1650 g/mol. The highest BCUT2D eigenvalue weighted by Gasteiger charge is 2.54. The number of benzene rings is 20. The Morgan fingerprint density at radius 2 is 0.338 bits per heavy atom. The summed E-state index contributed by atoms with van der Waals surface area (Å²) in [6, 6.07) is 180. The Bertz CT molecular complexity index is 8320. The van der Waals surface area contributed by atoms with E-state index in [0.717, 1.165) is 117 Å². The summed E-state index contributed by atoms with van der Waals surface area (Å²) in [6.45, 7) is 0. The number of nitrogens with zero attached hydrogens (tertiary/aromatic N) is 8. The number of para-hydroxylation sites is 5. The quantitative estimate of drug-likeness (QED) is 0.100. The largest absolute Gasteiger partial charge is 0.310 e. The fraction of sp³-hybridized carbons (Fsp3) is 0.0156. The summed E-state index contributed by atoms with van der Waals surface area (Å²) < 4.78 is 0. The average molecular weight is 1730 g/mol. The van der Waals surface area contributed by atoms with E-state index in [-0.39, 0.29) is 0 Å². The number of rotatable bonds is 15. The van der Waals surface area contributed by atoms with Gasteiger partial charge in [-0.2, -0.15) is 0 Å². The molecule has 2 spiro atoms. The van der Waals surface area contributed by atoms with E-state index >= 15 is 0 Å². The average Bonchev–Trinajstić information content (AvgIpc) is 1.49. The first-order valence-electron chi connectivity index (χ1n) is 46.4. The molecule has 634 valence electrons. The predicted molar refractivity (Wildman–Crippen MR) is 555 cm³/mol. The molecule has 136 heavy (non-hydrogen) atoms. The van der Waals surface area contributed by atoms with Crippen molar-refractivity contribution < 1.29 is 0 Å². The lowest BCUT2D eigenvalue weighted by molar-refractivity contribution is 0.753. The smallest absolute Gasteiger partial charge is 0.164 e. The van der Waals surface area contributed by atoms with Crippen LogP contribution in [0, 0.1) is 0 Å². The standard InChI is InChI=1S/C128H82N8/c1-5-29-83(30-6-1)85-57-59-87(60-58-85)88-65-71-94(72-66-88)122-129-121(93-33-9-3-10-34-93)130-123(131-122)95-73-67-91(68-74-95)103-44-28-52-114-120(103)106-42-14-16-46-108(106)128(114)111-49-19-23-55-117(111)136(118-56-24-20-50-112(118)128)102-79-77-90(78-80-102)98-36-26-38-100(82-98)126-133-124(132-125(134-126)99-37-25-35-97(81-99)89-63-61-86(62-64-89)84-31-7-2-8-32-84)96-75-69-92(70-76-96)104-43-27-51-113-119(104)105-41-13-15-45-107(105)127(113)109-47-17-21-53-115(109)135(101-39-11-4-12-40-101)116-54-22-18-48-110(116)127/h1-82H. The molecule has 0 saturated carbocycles. The minimum Gasteiger partial charge on any atom is -0.310 e. The van der Waals surface area contributed by atoms with Gasteiger partial charge in [-0.3, -0.25) is 0 Å². The van der Waals surface area contributed by atoms with E-state index in [1.807, 2.05) is 18.2 Å². The molecule has 0 saturated heterocycles. The fourth-order valence-corrected chi connectivity index (χ4v) is 21.9. The van der Waals surface area contributed by atoms with Crippen molar-refractivity contribution in [1.29, 1.82) is 0 Å². The lowest BCUT2D eigenvalue weighted by Gasteiger charge is -2.45. The van der Waals surface area contributed by atoms with E-state index in [1.54, 1.807) is 0 Å². The van der Waals surface area contributed by atoms with Crippen LogP contribution in [0.5, 0.6) is 0 Å². The number of fused-ring (bicyclic) bond motifs is 18. The molecule has 0 N–H and O–H groups in total. The molecule has 0 amide bonds. The Hall–Kier alpha value is -18.0. The molecule has 0 radical (unpaired) electrons. The first kappa shape index (κ1) is 79.0. The van der Waals surface area contributed by atoms with Crippen molar-refractivity contribution in [2.75, 3.05) is 9.80 Å². The molecule has 8 heteroatoms. The maximum absolute atomic E-state index is 5.48. The van der Waals surface area contributed by atoms with Crippen LogP contribution in [0.3, 0.4) is 0 Å². The van der Waals surface area contributed by atoms with Crippen molar-refractivity contribution in [2.45, 2.75) is 10.8 Å². The SMILES string of the molecule is c1ccc(-c2ccc(-c3ccc(-c4nc(-c5ccccc5)nc(-c5ccc(-c6cccc7c6-c6ccccc6C76c7ccccc7N(c7ccc(-c8cccc(-c9nc(-c%10ccc(-c%11cccc%12c%11-c%11ccccc%11C%12%11c%12ccccc%12N(c%12ccccc%12)c%12ccccc%12%11)cc%10)nc(-c%10cccc(-c%11ccc(-c%12ccccc%12)cc%11)c%10)n9)c8)cc7)c7ccccc76)cc5)n4)cc3)cc2)cc1. The van der Waals surface area contributed by atoms with E-state index < -0.39 is 10.8 Å². The lowest BCUT2D eigenvalue weighted by atomic mass is 9.64. The predicted octanol–water partition coefficient (Wildman–Crippen LogP) is 32.0. The third-order valence-electron chi connectivity index (χ3n) is 28.1. The van der Waals surface area contributed by atoms with Gasteiger partial charge in [-0.25, -0.2) is 29.9 Å². The summed E-state index contributed by atoms with van der Waals surface area (Å²) in [6.07, 6.45) is 0. The van der Waals surface area contributed by atoms with E-state index in [2.05, 4.69) is 489 Å². The van der Waals surface area contributed by atoms with Crippen LogP contribution in [0.25, 0.3) is 168 Å². The molecule has 0 unspecified atom stereocenters. The molecule has 22 aromatic rings. The van der Waals surface area contributed by atoms with Crippen LogP contribution >= 0.6 is 0 Å². The third-order valence-corrected chi connectivity index (χ3v) is 28.1. The zero-order valence-corrected chi connectivity index (χ0v) is 73.9. The van der Waals surface area contributed by atoms with Gasteiger partial charge in [-0.1, -0.05) is 437 Å². The van der Waals surface area contributed by atoms with E-state index in [9.17, 15) is 0 Å². The van der Waals surface area contributed by atoms with Gasteiger partial charge in [0.15, 0.2) is 34.9 Å². The first-order valence-corrected chi connectivity index (χ1v) is 46.4. The second kappa shape index (κ2) is 32.5. The first-order chi connectivity index (χ1) is 67.4. The van der Waals surface area contributed by atoms with Gasteiger partial charge in [0.2, 0.25) is 0 Å². The summed E-state index contributed by atoms with van der Waals surface area (Å²) in [7, 11) is 0. The van der Waals surface area contributed by atoms with Crippen LogP contribution in [-0.2, 0) is 10.8 Å². The number of hydrogen-bond donors (Lipinski definition) is 0. The molecule has 26 rings (SSSR count). The molecule has 0 fully saturated rings. The maximum Gasteiger partial charge on any atom is 0.164 e. The Labute approximate surface area is 789 Å². The highest BCUT2D eigenvalue weighted by molar-refractivity contribution is 6.03. The summed E-state index contributed by atoms with van der Waals surface area (Å²) in [4.78, 5) is 36.8. The molecule has 0 atom stereocenters. The molecule has 2 aromatic heterocycles. The second-order valence-electron chi connectivity index (χ2n) is 35.4. The highest BCUT2D eigenvalue weighted by Crippen LogP contribution is 2.67. The van der Waals surface area contributed by atoms with Crippen LogP contribution in [-0.4, -0.2) is 29.9 Å². The Morgan fingerprint density at radius 1 is 0.132 bits per heavy atom.